The number of piperazine rings is 1. The summed E-state index contributed by atoms with van der Waals surface area (Å²) in [6.07, 6.45) is 0. The van der Waals surface area contributed by atoms with E-state index in [2.05, 4.69) is 0 Å². The van der Waals surface area contributed by atoms with Crippen LogP contribution in [-0.4, -0.2) is 59.5 Å². The number of phenols is 1. The molecule has 1 aliphatic heterocycles. The van der Waals surface area contributed by atoms with Gasteiger partial charge in [-0.25, -0.2) is 0 Å². The number of carbonyl (C=O) groups is 2. The van der Waals surface area contributed by atoms with Crippen LogP contribution in [0.15, 0.2) is 66.7 Å². The van der Waals surface area contributed by atoms with Crippen molar-refractivity contribution in [2.75, 3.05) is 32.8 Å². The normalized spacial score (nSPS) is 14.1. The van der Waals surface area contributed by atoms with Crippen LogP contribution in [0, 0.1) is 0 Å². The summed E-state index contributed by atoms with van der Waals surface area (Å²) in [6, 6.07) is 19.9. The molecule has 6 nitrogen and oxygen atoms in total. The molecule has 1 saturated heterocycles. The Kier molecular flexibility index (Phi) is 5.33. The zero-order valence-corrected chi connectivity index (χ0v) is 16.0. The first-order chi connectivity index (χ1) is 14.1. The molecule has 0 aromatic heterocycles. The third-order valence-electron chi connectivity index (χ3n) is 5.13. The molecule has 6 heteroatoms. The highest BCUT2D eigenvalue weighted by molar-refractivity contribution is 5.94. The number of hydrogen-bond donors (Lipinski definition) is 1. The van der Waals surface area contributed by atoms with Crippen LogP contribution in [0.1, 0.15) is 10.4 Å². The van der Waals surface area contributed by atoms with Crippen molar-refractivity contribution >= 4 is 22.6 Å². The summed E-state index contributed by atoms with van der Waals surface area (Å²) in [6.45, 7) is 1.86. The Morgan fingerprint density at radius 3 is 2.24 bits per heavy atom. The summed E-state index contributed by atoms with van der Waals surface area (Å²) < 4.78 is 5.79. The van der Waals surface area contributed by atoms with E-state index < -0.39 is 0 Å². The van der Waals surface area contributed by atoms with E-state index in [-0.39, 0.29) is 24.2 Å². The van der Waals surface area contributed by atoms with Crippen LogP contribution in [-0.2, 0) is 4.79 Å². The first-order valence-corrected chi connectivity index (χ1v) is 9.58. The lowest BCUT2D eigenvalue weighted by Crippen LogP contribution is -2.51. The number of carbonyl (C=O) groups excluding carboxylic acids is 2. The van der Waals surface area contributed by atoms with E-state index in [1.54, 1.807) is 21.9 Å². The number of ether oxygens (including phenoxy) is 1. The summed E-state index contributed by atoms with van der Waals surface area (Å²) in [5, 5.41) is 11.4. The molecular weight excluding hydrogens is 368 g/mol. The fourth-order valence-electron chi connectivity index (χ4n) is 3.50. The molecule has 0 saturated carbocycles. The minimum atomic E-state index is -0.0934. The minimum absolute atomic E-state index is 0.0279. The molecule has 2 amide bonds. The quantitative estimate of drug-likeness (QED) is 0.744. The Labute approximate surface area is 168 Å². The third kappa shape index (κ3) is 4.16. The second-order valence-corrected chi connectivity index (χ2v) is 6.99. The molecule has 29 heavy (non-hydrogen) atoms. The molecule has 0 spiro atoms. The molecule has 0 radical (unpaired) electrons. The molecule has 1 heterocycles. The van der Waals surface area contributed by atoms with E-state index in [0.717, 1.165) is 10.8 Å². The van der Waals surface area contributed by atoms with Gasteiger partial charge in [-0.05, 0) is 35.7 Å². The summed E-state index contributed by atoms with van der Waals surface area (Å²) >= 11 is 0. The van der Waals surface area contributed by atoms with Crippen molar-refractivity contribution in [1.29, 1.82) is 0 Å². The lowest BCUT2D eigenvalue weighted by Gasteiger charge is -2.34. The molecule has 1 fully saturated rings. The standard InChI is InChI=1S/C23H22N2O4/c26-19-10-8-18(9-11-19)23(28)25-14-12-24(13-15-25)22(27)16-29-21-7-3-5-17-4-1-2-6-20(17)21/h1-11,26H,12-16H2. The molecule has 3 aromatic rings. The van der Waals surface area contributed by atoms with E-state index >= 15 is 0 Å². The smallest absolute Gasteiger partial charge is 0.260 e. The minimum Gasteiger partial charge on any atom is -0.508 e. The van der Waals surface area contributed by atoms with Gasteiger partial charge in [0, 0.05) is 37.1 Å². The zero-order chi connectivity index (χ0) is 20.2. The highest BCUT2D eigenvalue weighted by Crippen LogP contribution is 2.25. The average Bonchev–Trinajstić information content (AvgIpc) is 2.77. The van der Waals surface area contributed by atoms with Crippen LogP contribution in [0.3, 0.4) is 0 Å². The number of aromatic hydroxyl groups is 1. The predicted molar refractivity (Wildman–Crippen MR) is 110 cm³/mol. The second-order valence-electron chi connectivity index (χ2n) is 6.99. The highest BCUT2D eigenvalue weighted by Gasteiger charge is 2.25. The molecule has 0 aliphatic carbocycles. The van der Waals surface area contributed by atoms with Crippen LogP contribution < -0.4 is 4.74 Å². The topological polar surface area (TPSA) is 70.1 Å². The molecule has 0 unspecified atom stereocenters. The van der Waals surface area contributed by atoms with Gasteiger partial charge in [-0.2, -0.15) is 0 Å². The first-order valence-electron chi connectivity index (χ1n) is 9.58. The van der Waals surface area contributed by atoms with Gasteiger partial charge in [-0.15, -0.1) is 0 Å². The number of amides is 2. The van der Waals surface area contributed by atoms with E-state index in [1.807, 2.05) is 42.5 Å². The molecule has 3 aromatic carbocycles. The fraction of sp³-hybridized carbons (Fsp3) is 0.217. The molecule has 148 valence electrons. The van der Waals surface area contributed by atoms with Crippen LogP contribution in [0.4, 0.5) is 0 Å². The zero-order valence-electron chi connectivity index (χ0n) is 16.0. The molecule has 4 rings (SSSR count). The van der Waals surface area contributed by atoms with Gasteiger partial charge in [0.15, 0.2) is 6.61 Å². The van der Waals surface area contributed by atoms with Gasteiger partial charge in [-0.3, -0.25) is 9.59 Å². The number of phenolic OH excluding ortho intramolecular Hbond substituents is 1. The van der Waals surface area contributed by atoms with Crippen molar-refractivity contribution in [3.05, 3.63) is 72.3 Å². The lowest BCUT2D eigenvalue weighted by molar-refractivity contribution is -0.134. The first kappa shape index (κ1) is 18.8. The van der Waals surface area contributed by atoms with Crippen LogP contribution in [0.5, 0.6) is 11.5 Å². The van der Waals surface area contributed by atoms with E-state index in [0.29, 0.717) is 37.5 Å². The van der Waals surface area contributed by atoms with Crippen molar-refractivity contribution in [3.63, 3.8) is 0 Å². The number of hydrogen-bond acceptors (Lipinski definition) is 4. The van der Waals surface area contributed by atoms with Crippen molar-refractivity contribution < 1.29 is 19.4 Å². The highest BCUT2D eigenvalue weighted by atomic mass is 16.5. The van der Waals surface area contributed by atoms with Crippen molar-refractivity contribution in [2.45, 2.75) is 0 Å². The number of benzene rings is 3. The monoisotopic (exact) mass is 390 g/mol. The summed E-state index contributed by atoms with van der Waals surface area (Å²) in [7, 11) is 0. The maximum atomic E-state index is 12.6. The Hall–Kier alpha value is -3.54. The van der Waals surface area contributed by atoms with E-state index in [1.165, 1.54) is 12.1 Å². The van der Waals surface area contributed by atoms with Gasteiger partial charge in [0.2, 0.25) is 0 Å². The summed E-state index contributed by atoms with van der Waals surface area (Å²) in [5.74, 6) is 0.638. The number of nitrogens with zero attached hydrogens (tertiary/aromatic N) is 2. The maximum Gasteiger partial charge on any atom is 0.260 e. The maximum absolute atomic E-state index is 12.6. The van der Waals surface area contributed by atoms with Crippen molar-refractivity contribution in [3.8, 4) is 11.5 Å². The molecular formula is C23H22N2O4. The lowest BCUT2D eigenvalue weighted by atomic mass is 10.1. The number of rotatable bonds is 4. The molecule has 0 atom stereocenters. The van der Waals surface area contributed by atoms with Crippen molar-refractivity contribution in [2.24, 2.45) is 0 Å². The number of fused-ring (bicyclic) bond motifs is 1. The largest absolute Gasteiger partial charge is 0.508 e. The summed E-state index contributed by atoms with van der Waals surface area (Å²) in [5.41, 5.74) is 0.530. The summed E-state index contributed by atoms with van der Waals surface area (Å²) in [4.78, 5) is 28.6. The fourth-order valence-corrected chi connectivity index (χ4v) is 3.50. The van der Waals surface area contributed by atoms with Crippen LogP contribution in [0.25, 0.3) is 10.8 Å². The van der Waals surface area contributed by atoms with Gasteiger partial charge in [0.05, 0.1) is 0 Å². The SMILES string of the molecule is O=C(COc1cccc2ccccc12)N1CCN(C(=O)c2ccc(O)cc2)CC1. The van der Waals surface area contributed by atoms with Crippen molar-refractivity contribution in [1.82, 2.24) is 9.80 Å². The Morgan fingerprint density at radius 2 is 1.48 bits per heavy atom. The van der Waals surface area contributed by atoms with Gasteiger partial charge in [0.1, 0.15) is 11.5 Å². The average molecular weight is 390 g/mol. The second kappa shape index (κ2) is 8.22. The Morgan fingerprint density at radius 1 is 0.828 bits per heavy atom. The van der Waals surface area contributed by atoms with Crippen LogP contribution in [0.2, 0.25) is 0 Å². The third-order valence-corrected chi connectivity index (χ3v) is 5.13. The van der Waals surface area contributed by atoms with Gasteiger partial charge in [-0.1, -0.05) is 36.4 Å². The molecule has 0 bridgehead atoms. The molecule has 1 aliphatic rings. The molecule has 1 N–H and O–H groups in total. The van der Waals surface area contributed by atoms with E-state index in [4.69, 9.17) is 4.74 Å². The Bertz CT molecular complexity index is 1020. The van der Waals surface area contributed by atoms with E-state index in [9.17, 15) is 14.7 Å². The Balaban J connectivity index is 1.32. The van der Waals surface area contributed by atoms with Crippen LogP contribution >= 0.6 is 0 Å². The van der Waals surface area contributed by atoms with Gasteiger partial charge < -0.3 is 19.6 Å². The van der Waals surface area contributed by atoms with Gasteiger partial charge >= 0.3 is 0 Å². The van der Waals surface area contributed by atoms with Gasteiger partial charge in [0.25, 0.3) is 11.8 Å². The predicted octanol–water partition coefficient (Wildman–Crippen LogP) is 2.91.